The summed E-state index contributed by atoms with van der Waals surface area (Å²) < 4.78 is 0. The van der Waals surface area contributed by atoms with Crippen LogP contribution in [0.5, 0.6) is 0 Å². The lowest BCUT2D eigenvalue weighted by Gasteiger charge is -2.34. The van der Waals surface area contributed by atoms with E-state index in [0.29, 0.717) is 30.6 Å². The van der Waals surface area contributed by atoms with Crippen molar-refractivity contribution in [3.05, 3.63) is 71.3 Å². The molecule has 1 fully saturated rings. The lowest BCUT2D eigenvalue weighted by molar-refractivity contribution is 0.0467. The molecule has 1 aliphatic heterocycles. The number of carbonyl (C=O) groups is 1. The van der Waals surface area contributed by atoms with E-state index in [-0.39, 0.29) is 17.9 Å². The van der Waals surface area contributed by atoms with Gasteiger partial charge in [-0.25, -0.2) is 0 Å². The maximum Gasteiger partial charge on any atom is 0.255 e. The Kier molecular flexibility index (Phi) is 5.47. The molecule has 0 aliphatic carbocycles. The van der Waals surface area contributed by atoms with Crippen LogP contribution in [-0.4, -0.2) is 35.1 Å². The van der Waals surface area contributed by atoms with Gasteiger partial charge in [-0.15, -0.1) is 0 Å². The molecule has 1 saturated heterocycles. The van der Waals surface area contributed by atoms with Crippen molar-refractivity contribution in [1.82, 2.24) is 4.90 Å². The van der Waals surface area contributed by atoms with Crippen LogP contribution < -0.4 is 0 Å². The fourth-order valence-electron chi connectivity index (χ4n) is 3.45. The Morgan fingerprint density at radius 2 is 1.76 bits per heavy atom. The number of piperidine rings is 1. The Morgan fingerprint density at radius 3 is 2.44 bits per heavy atom. The first-order valence-corrected chi connectivity index (χ1v) is 8.69. The van der Waals surface area contributed by atoms with Gasteiger partial charge in [-0.3, -0.25) is 4.79 Å². The summed E-state index contributed by atoms with van der Waals surface area (Å²) in [7, 11) is 0. The van der Waals surface area contributed by atoms with Crippen LogP contribution in [0.3, 0.4) is 0 Å². The van der Waals surface area contributed by atoms with E-state index in [1.54, 1.807) is 29.2 Å². The first kappa shape index (κ1) is 17.2. The topological polar surface area (TPSA) is 64.3 Å². The maximum atomic E-state index is 12.7. The van der Waals surface area contributed by atoms with Crippen LogP contribution >= 0.6 is 0 Å². The van der Waals surface area contributed by atoms with Crippen molar-refractivity contribution < 1.29 is 9.90 Å². The van der Waals surface area contributed by atoms with E-state index in [1.165, 1.54) is 0 Å². The summed E-state index contributed by atoms with van der Waals surface area (Å²) in [5, 5.41) is 19.7. The Morgan fingerprint density at radius 1 is 1.12 bits per heavy atom. The van der Waals surface area contributed by atoms with E-state index < -0.39 is 0 Å². The predicted octanol–water partition coefficient (Wildman–Crippen LogP) is 3.01. The summed E-state index contributed by atoms with van der Waals surface area (Å²) >= 11 is 0. The first-order valence-electron chi connectivity index (χ1n) is 8.69. The van der Waals surface area contributed by atoms with Gasteiger partial charge in [0.2, 0.25) is 0 Å². The molecular formula is C21H22N2O2. The van der Waals surface area contributed by atoms with Gasteiger partial charge >= 0.3 is 0 Å². The van der Waals surface area contributed by atoms with Gasteiger partial charge in [-0.2, -0.15) is 5.26 Å². The molecule has 25 heavy (non-hydrogen) atoms. The average Bonchev–Trinajstić information content (AvgIpc) is 2.68. The van der Waals surface area contributed by atoms with Crippen molar-refractivity contribution in [2.24, 2.45) is 5.92 Å². The number of likely N-dealkylation sites (tertiary alicyclic amines) is 1. The molecule has 1 heterocycles. The lowest BCUT2D eigenvalue weighted by atomic mass is 9.87. The number of nitrogens with zero attached hydrogens (tertiary/aromatic N) is 2. The highest BCUT2D eigenvalue weighted by Crippen LogP contribution is 2.24. The van der Waals surface area contributed by atoms with Crippen LogP contribution in [-0.2, 0) is 6.42 Å². The smallest absolute Gasteiger partial charge is 0.255 e. The number of amides is 1. The quantitative estimate of drug-likeness (QED) is 0.935. The second kappa shape index (κ2) is 7.96. The summed E-state index contributed by atoms with van der Waals surface area (Å²) in [6, 6.07) is 19.0. The van der Waals surface area contributed by atoms with Crippen LogP contribution in [0.15, 0.2) is 54.6 Å². The van der Waals surface area contributed by atoms with Crippen LogP contribution in [0, 0.1) is 17.2 Å². The summed E-state index contributed by atoms with van der Waals surface area (Å²) in [5.41, 5.74) is 2.02. The minimum atomic E-state index is -0.383. The second-order valence-electron chi connectivity index (χ2n) is 6.54. The number of rotatable bonds is 4. The summed E-state index contributed by atoms with van der Waals surface area (Å²) in [6.07, 6.45) is 1.84. The number of benzene rings is 2. The van der Waals surface area contributed by atoms with Crippen LogP contribution in [0.25, 0.3) is 0 Å². The summed E-state index contributed by atoms with van der Waals surface area (Å²) in [6.45, 7) is 1.24. The van der Waals surface area contributed by atoms with Crippen LogP contribution in [0.1, 0.15) is 34.3 Å². The first-order chi connectivity index (χ1) is 12.2. The number of hydrogen-bond acceptors (Lipinski definition) is 3. The molecular weight excluding hydrogens is 312 g/mol. The molecule has 2 aromatic carbocycles. The van der Waals surface area contributed by atoms with Crippen molar-refractivity contribution >= 4 is 5.91 Å². The number of hydrogen-bond donors (Lipinski definition) is 1. The maximum absolute atomic E-state index is 12.7. The van der Waals surface area contributed by atoms with Crippen molar-refractivity contribution in [1.29, 1.82) is 5.26 Å². The standard InChI is InChI=1S/C21H22N2O2/c22-15-18-8-4-5-9-19(18)21(25)23-12-10-17(11-13-23)20(24)14-16-6-2-1-3-7-16/h1-9,17,20,24H,10-14H2. The van der Waals surface area contributed by atoms with E-state index in [9.17, 15) is 9.90 Å². The SMILES string of the molecule is N#Cc1ccccc1C(=O)N1CCC(C(O)Cc2ccccc2)CC1. The minimum absolute atomic E-state index is 0.0897. The monoisotopic (exact) mass is 334 g/mol. The predicted molar refractivity (Wildman–Crippen MR) is 95.9 cm³/mol. The molecule has 3 rings (SSSR count). The molecule has 0 spiro atoms. The van der Waals surface area contributed by atoms with Crippen molar-refractivity contribution in [3.8, 4) is 6.07 Å². The third-order valence-electron chi connectivity index (χ3n) is 4.94. The largest absolute Gasteiger partial charge is 0.392 e. The lowest BCUT2D eigenvalue weighted by Crippen LogP contribution is -2.41. The van der Waals surface area contributed by atoms with Crippen LogP contribution in [0.4, 0.5) is 0 Å². The normalized spacial score (nSPS) is 16.2. The van der Waals surface area contributed by atoms with Gasteiger partial charge in [0.15, 0.2) is 0 Å². The molecule has 4 nitrogen and oxygen atoms in total. The molecule has 1 unspecified atom stereocenters. The van der Waals surface area contributed by atoms with Crippen molar-refractivity contribution in [2.75, 3.05) is 13.1 Å². The molecule has 1 atom stereocenters. The van der Waals surface area contributed by atoms with E-state index in [0.717, 1.165) is 18.4 Å². The third-order valence-corrected chi connectivity index (χ3v) is 4.94. The Bertz CT molecular complexity index is 759. The molecule has 128 valence electrons. The highest BCUT2D eigenvalue weighted by molar-refractivity contribution is 5.96. The highest BCUT2D eigenvalue weighted by atomic mass is 16.3. The van der Waals surface area contributed by atoms with E-state index in [2.05, 4.69) is 6.07 Å². The second-order valence-corrected chi connectivity index (χ2v) is 6.54. The third kappa shape index (κ3) is 4.07. The van der Waals surface area contributed by atoms with E-state index >= 15 is 0 Å². The van der Waals surface area contributed by atoms with Gasteiger partial charge in [0.05, 0.1) is 23.3 Å². The average molecular weight is 334 g/mol. The number of aliphatic hydroxyl groups is 1. The molecule has 0 radical (unpaired) electrons. The molecule has 4 heteroatoms. The Balaban J connectivity index is 1.58. The Labute approximate surface area is 148 Å². The van der Waals surface area contributed by atoms with Gasteiger partial charge < -0.3 is 10.0 Å². The van der Waals surface area contributed by atoms with Crippen molar-refractivity contribution in [3.63, 3.8) is 0 Å². The highest BCUT2D eigenvalue weighted by Gasteiger charge is 2.28. The summed E-state index contributed by atoms with van der Waals surface area (Å²) in [4.78, 5) is 14.5. The van der Waals surface area contributed by atoms with Gasteiger partial charge in [-0.1, -0.05) is 42.5 Å². The number of aliphatic hydroxyl groups excluding tert-OH is 1. The Hall–Kier alpha value is -2.64. The van der Waals surface area contributed by atoms with Crippen molar-refractivity contribution in [2.45, 2.75) is 25.4 Å². The fourth-order valence-corrected chi connectivity index (χ4v) is 3.45. The molecule has 2 aromatic rings. The zero-order valence-electron chi connectivity index (χ0n) is 14.1. The zero-order chi connectivity index (χ0) is 17.6. The molecule has 0 bridgehead atoms. The zero-order valence-corrected chi connectivity index (χ0v) is 14.1. The van der Waals surface area contributed by atoms with Gasteiger partial charge in [0.1, 0.15) is 0 Å². The molecule has 0 aromatic heterocycles. The number of carbonyl (C=O) groups excluding carboxylic acids is 1. The van der Waals surface area contributed by atoms with Gasteiger partial charge in [-0.05, 0) is 42.9 Å². The fraction of sp³-hybridized carbons (Fsp3) is 0.333. The van der Waals surface area contributed by atoms with E-state index in [1.807, 2.05) is 30.3 Å². The summed E-state index contributed by atoms with van der Waals surface area (Å²) in [5.74, 6) is 0.114. The van der Waals surface area contributed by atoms with Crippen LogP contribution in [0.2, 0.25) is 0 Å². The molecule has 1 aliphatic rings. The van der Waals surface area contributed by atoms with Gasteiger partial charge in [0, 0.05) is 13.1 Å². The van der Waals surface area contributed by atoms with E-state index in [4.69, 9.17) is 5.26 Å². The minimum Gasteiger partial charge on any atom is -0.392 e. The molecule has 1 amide bonds. The molecule has 0 saturated carbocycles. The number of nitriles is 1. The van der Waals surface area contributed by atoms with Gasteiger partial charge in [0.25, 0.3) is 5.91 Å². The molecule has 1 N–H and O–H groups in total.